The SMILES string of the molecule is Cc1cc(C)c([N+](=O)[O-])c(C)c1C(=O)N1CCC(C(=O)O)(C(C)C)C1. The fourth-order valence-corrected chi connectivity index (χ4v) is 3.84. The molecule has 1 aliphatic rings. The Kier molecular flexibility index (Phi) is 4.88. The van der Waals surface area contributed by atoms with Crippen LogP contribution in [-0.4, -0.2) is 39.9 Å². The smallest absolute Gasteiger partial charge is 0.311 e. The van der Waals surface area contributed by atoms with Crippen LogP contribution in [-0.2, 0) is 4.79 Å². The molecular formula is C18H24N2O5. The van der Waals surface area contributed by atoms with Gasteiger partial charge in [-0.25, -0.2) is 0 Å². The van der Waals surface area contributed by atoms with Crippen molar-refractivity contribution in [3.8, 4) is 0 Å². The Labute approximate surface area is 146 Å². The number of hydrogen-bond donors (Lipinski definition) is 1. The molecule has 1 saturated heterocycles. The molecule has 1 N–H and O–H groups in total. The van der Waals surface area contributed by atoms with Crippen molar-refractivity contribution in [1.82, 2.24) is 4.90 Å². The number of likely N-dealkylation sites (tertiary alicyclic amines) is 1. The van der Waals surface area contributed by atoms with Crippen molar-refractivity contribution in [3.63, 3.8) is 0 Å². The number of rotatable bonds is 4. The summed E-state index contributed by atoms with van der Waals surface area (Å²) in [6, 6.07) is 1.64. The van der Waals surface area contributed by atoms with Gasteiger partial charge in [-0.3, -0.25) is 19.7 Å². The van der Waals surface area contributed by atoms with Crippen molar-refractivity contribution in [2.24, 2.45) is 11.3 Å². The van der Waals surface area contributed by atoms with Gasteiger partial charge in [0, 0.05) is 24.2 Å². The van der Waals surface area contributed by atoms with E-state index in [9.17, 15) is 24.8 Å². The molecule has 0 bridgehead atoms. The van der Waals surface area contributed by atoms with Crippen LogP contribution in [0.1, 0.15) is 47.3 Å². The maximum Gasteiger partial charge on any atom is 0.311 e. The monoisotopic (exact) mass is 348 g/mol. The van der Waals surface area contributed by atoms with Gasteiger partial charge in [-0.05, 0) is 44.7 Å². The first-order valence-electron chi connectivity index (χ1n) is 8.30. The first kappa shape index (κ1) is 18.9. The number of nitro benzene ring substituents is 1. The minimum atomic E-state index is -0.964. The zero-order valence-electron chi connectivity index (χ0n) is 15.3. The van der Waals surface area contributed by atoms with E-state index in [0.29, 0.717) is 35.2 Å². The van der Waals surface area contributed by atoms with E-state index in [1.165, 1.54) is 4.90 Å². The minimum absolute atomic E-state index is 0.0542. The average molecular weight is 348 g/mol. The maximum absolute atomic E-state index is 13.0. The molecule has 0 radical (unpaired) electrons. The predicted octanol–water partition coefficient (Wildman–Crippen LogP) is 3.09. The number of carboxylic acids is 1. The lowest BCUT2D eigenvalue weighted by Crippen LogP contribution is -2.40. The van der Waals surface area contributed by atoms with Crippen molar-refractivity contribution in [2.45, 2.75) is 41.0 Å². The van der Waals surface area contributed by atoms with E-state index < -0.39 is 16.3 Å². The molecule has 1 heterocycles. The van der Waals surface area contributed by atoms with Crippen LogP contribution in [0, 0.1) is 42.2 Å². The molecular weight excluding hydrogens is 324 g/mol. The molecule has 1 aromatic rings. The number of carboxylic acid groups (broad SMARTS) is 1. The third-order valence-corrected chi connectivity index (χ3v) is 5.45. The van der Waals surface area contributed by atoms with Gasteiger partial charge in [0.15, 0.2) is 0 Å². The summed E-state index contributed by atoms with van der Waals surface area (Å²) in [6.07, 6.45) is 0.387. The van der Waals surface area contributed by atoms with Crippen molar-refractivity contribution in [3.05, 3.63) is 38.4 Å². The molecule has 0 saturated carbocycles. The van der Waals surface area contributed by atoms with E-state index in [4.69, 9.17) is 0 Å². The van der Waals surface area contributed by atoms with Crippen LogP contribution in [0.25, 0.3) is 0 Å². The number of benzene rings is 1. The lowest BCUT2D eigenvalue weighted by Gasteiger charge is -2.29. The van der Waals surface area contributed by atoms with Gasteiger partial charge >= 0.3 is 5.97 Å². The van der Waals surface area contributed by atoms with Crippen molar-refractivity contribution >= 4 is 17.6 Å². The van der Waals surface area contributed by atoms with Gasteiger partial charge < -0.3 is 10.0 Å². The summed E-state index contributed by atoms with van der Waals surface area (Å²) in [6.45, 7) is 9.12. The highest BCUT2D eigenvalue weighted by Gasteiger charge is 2.49. The molecule has 7 nitrogen and oxygen atoms in total. The number of nitrogens with zero attached hydrogens (tertiary/aromatic N) is 2. The van der Waals surface area contributed by atoms with Crippen LogP contribution in [0.3, 0.4) is 0 Å². The third kappa shape index (κ3) is 2.99. The normalized spacial score (nSPS) is 20.2. The highest BCUT2D eigenvalue weighted by atomic mass is 16.6. The van der Waals surface area contributed by atoms with E-state index in [1.54, 1.807) is 26.8 Å². The van der Waals surface area contributed by atoms with Crippen LogP contribution in [0.5, 0.6) is 0 Å². The Morgan fingerprint density at radius 2 is 1.88 bits per heavy atom. The van der Waals surface area contributed by atoms with Gasteiger partial charge in [-0.2, -0.15) is 0 Å². The zero-order chi connectivity index (χ0) is 19.1. The van der Waals surface area contributed by atoms with Crippen molar-refractivity contribution in [1.29, 1.82) is 0 Å². The molecule has 7 heteroatoms. The largest absolute Gasteiger partial charge is 0.481 e. The van der Waals surface area contributed by atoms with Gasteiger partial charge in [0.05, 0.1) is 15.9 Å². The van der Waals surface area contributed by atoms with Crippen LogP contribution in [0.4, 0.5) is 5.69 Å². The molecule has 1 fully saturated rings. The fourth-order valence-electron chi connectivity index (χ4n) is 3.84. The summed E-state index contributed by atoms with van der Waals surface area (Å²) < 4.78 is 0. The fraction of sp³-hybridized carbons (Fsp3) is 0.556. The minimum Gasteiger partial charge on any atom is -0.481 e. The van der Waals surface area contributed by atoms with E-state index in [-0.39, 0.29) is 24.1 Å². The Balaban J connectivity index is 2.45. The molecule has 1 unspecified atom stereocenters. The van der Waals surface area contributed by atoms with E-state index in [1.807, 2.05) is 13.8 Å². The summed E-state index contributed by atoms with van der Waals surface area (Å²) >= 11 is 0. The second-order valence-corrected chi connectivity index (χ2v) is 7.21. The average Bonchev–Trinajstić information content (AvgIpc) is 2.92. The number of carbonyl (C=O) groups is 2. The molecule has 2 rings (SSSR count). The first-order chi connectivity index (χ1) is 11.5. The highest BCUT2D eigenvalue weighted by molar-refractivity contribution is 5.99. The lowest BCUT2D eigenvalue weighted by molar-refractivity contribution is -0.386. The van der Waals surface area contributed by atoms with Crippen molar-refractivity contribution in [2.75, 3.05) is 13.1 Å². The summed E-state index contributed by atoms with van der Waals surface area (Å²) in [5.74, 6) is -1.35. The molecule has 1 aliphatic heterocycles. The highest BCUT2D eigenvalue weighted by Crippen LogP contribution is 2.39. The molecule has 136 valence electrons. The molecule has 0 aliphatic carbocycles. The molecule has 1 aromatic carbocycles. The van der Waals surface area contributed by atoms with Crippen molar-refractivity contribution < 1.29 is 19.6 Å². The topological polar surface area (TPSA) is 101 Å². The quantitative estimate of drug-likeness (QED) is 0.665. The predicted molar refractivity (Wildman–Crippen MR) is 92.7 cm³/mol. The summed E-state index contributed by atoms with van der Waals surface area (Å²) in [5, 5.41) is 21.0. The van der Waals surface area contributed by atoms with E-state index in [2.05, 4.69) is 0 Å². The Morgan fingerprint density at radius 3 is 2.32 bits per heavy atom. The van der Waals surface area contributed by atoms with E-state index in [0.717, 1.165) is 0 Å². The van der Waals surface area contributed by atoms with Gasteiger partial charge in [0.2, 0.25) is 0 Å². The second kappa shape index (κ2) is 6.46. The summed E-state index contributed by atoms with van der Waals surface area (Å²) in [4.78, 5) is 37.2. The first-order valence-corrected chi connectivity index (χ1v) is 8.30. The van der Waals surface area contributed by atoms with E-state index >= 15 is 0 Å². The van der Waals surface area contributed by atoms with Gasteiger partial charge in [-0.1, -0.05) is 13.8 Å². The number of hydrogen-bond acceptors (Lipinski definition) is 4. The molecule has 0 aromatic heterocycles. The molecule has 1 atom stereocenters. The van der Waals surface area contributed by atoms with Crippen LogP contribution in [0.15, 0.2) is 6.07 Å². The maximum atomic E-state index is 13.0. The summed E-state index contributed by atoms with van der Waals surface area (Å²) in [7, 11) is 0. The van der Waals surface area contributed by atoms with Crippen LogP contribution in [0.2, 0.25) is 0 Å². The second-order valence-electron chi connectivity index (χ2n) is 7.21. The number of aliphatic carboxylic acids is 1. The standard InChI is InChI=1S/C18H24N2O5/c1-10(2)18(17(22)23)6-7-19(9-18)16(21)14-11(3)8-12(4)15(13(14)5)20(24)25/h8,10H,6-7,9H2,1-5H3,(H,22,23). The van der Waals surface area contributed by atoms with Gasteiger partial charge in [0.25, 0.3) is 11.6 Å². The molecule has 0 spiro atoms. The molecule has 25 heavy (non-hydrogen) atoms. The van der Waals surface area contributed by atoms with Gasteiger partial charge in [-0.15, -0.1) is 0 Å². The molecule has 1 amide bonds. The van der Waals surface area contributed by atoms with Crippen LogP contribution < -0.4 is 0 Å². The zero-order valence-corrected chi connectivity index (χ0v) is 15.3. The Morgan fingerprint density at radius 1 is 1.28 bits per heavy atom. The number of amides is 1. The van der Waals surface area contributed by atoms with Gasteiger partial charge in [0.1, 0.15) is 0 Å². The number of carbonyl (C=O) groups excluding carboxylic acids is 1. The Hall–Kier alpha value is -2.44. The lowest BCUT2D eigenvalue weighted by atomic mass is 9.76. The Bertz CT molecular complexity index is 756. The van der Waals surface area contributed by atoms with Crippen LogP contribution >= 0.6 is 0 Å². The summed E-state index contributed by atoms with van der Waals surface area (Å²) in [5.41, 5.74) is 0.810. The number of nitro groups is 1. The number of aryl methyl sites for hydroxylation is 2. The third-order valence-electron chi connectivity index (χ3n) is 5.45.